The summed E-state index contributed by atoms with van der Waals surface area (Å²) in [5.74, 6) is -0.371. The SMILES string of the molecule is COc1ccc(C(F)(F)F)cc1NC(=O)[C@@H](C)n1nc(-n2nc(C)cc2C)ccc1=O. The molecule has 0 saturated heterocycles. The van der Waals surface area contributed by atoms with E-state index in [-0.39, 0.29) is 11.4 Å². The van der Waals surface area contributed by atoms with Gasteiger partial charge in [-0.2, -0.15) is 18.3 Å². The zero-order chi connectivity index (χ0) is 22.9. The molecule has 1 amide bonds. The minimum Gasteiger partial charge on any atom is -0.495 e. The molecule has 0 aliphatic heterocycles. The molecule has 0 aliphatic carbocycles. The Labute approximate surface area is 175 Å². The molecule has 2 aromatic heterocycles. The van der Waals surface area contributed by atoms with Gasteiger partial charge >= 0.3 is 6.18 Å². The molecule has 0 unspecified atom stereocenters. The van der Waals surface area contributed by atoms with E-state index in [1.807, 2.05) is 13.0 Å². The molecule has 0 radical (unpaired) electrons. The second kappa shape index (κ2) is 8.25. The first kappa shape index (κ1) is 22.1. The van der Waals surface area contributed by atoms with Crippen LogP contribution in [0.5, 0.6) is 5.75 Å². The van der Waals surface area contributed by atoms with Crippen molar-refractivity contribution >= 4 is 11.6 Å². The van der Waals surface area contributed by atoms with Crippen molar-refractivity contribution in [2.45, 2.75) is 33.0 Å². The number of anilines is 1. The van der Waals surface area contributed by atoms with Gasteiger partial charge in [-0.05, 0) is 51.1 Å². The minimum atomic E-state index is -4.59. The van der Waals surface area contributed by atoms with E-state index in [2.05, 4.69) is 15.5 Å². The van der Waals surface area contributed by atoms with Gasteiger partial charge in [0, 0.05) is 11.8 Å². The summed E-state index contributed by atoms with van der Waals surface area (Å²) < 4.78 is 46.6. The molecule has 0 bridgehead atoms. The molecule has 164 valence electrons. The Balaban J connectivity index is 1.93. The van der Waals surface area contributed by atoms with Crippen LogP contribution in [0.4, 0.5) is 18.9 Å². The summed E-state index contributed by atoms with van der Waals surface area (Å²) in [6.07, 6.45) is -4.59. The van der Waals surface area contributed by atoms with Crippen LogP contribution in [0.2, 0.25) is 0 Å². The highest BCUT2D eigenvalue weighted by molar-refractivity contribution is 5.94. The standard InChI is InChI=1S/C20H20F3N5O3/c1-11-9-12(2)27(25-11)17-7-8-18(29)28(26-17)13(3)19(30)24-15-10-14(20(21,22)23)5-6-16(15)31-4/h5-10,13H,1-4H3,(H,24,30)/t13-/m1/s1. The van der Waals surface area contributed by atoms with Crippen LogP contribution in [0.15, 0.2) is 41.2 Å². The number of alkyl halides is 3. The van der Waals surface area contributed by atoms with Crippen molar-refractivity contribution in [1.29, 1.82) is 0 Å². The third-order valence-electron chi connectivity index (χ3n) is 4.57. The van der Waals surface area contributed by atoms with E-state index >= 15 is 0 Å². The number of ether oxygens (including phenoxy) is 1. The third-order valence-corrected chi connectivity index (χ3v) is 4.57. The largest absolute Gasteiger partial charge is 0.495 e. The summed E-state index contributed by atoms with van der Waals surface area (Å²) in [6, 6.07) is 6.15. The molecule has 11 heteroatoms. The van der Waals surface area contributed by atoms with Gasteiger partial charge in [0.25, 0.3) is 5.56 Å². The van der Waals surface area contributed by atoms with Crippen molar-refractivity contribution in [1.82, 2.24) is 19.6 Å². The summed E-state index contributed by atoms with van der Waals surface area (Å²) in [4.78, 5) is 25.1. The van der Waals surface area contributed by atoms with Crippen LogP contribution < -0.4 is 15.6 Å². The Hall–Kier alpha value is -3.63. The number of aryl methyl sites for hydroxylation is 2. The first-order valence-electron chi connectivity index (χ1n) is 9.21. The van der Waals surface area contributed by atoms with Gasteiger partial charge in [-0.25, -0.2) is 9.36 Å². The van der Waals surface area contributed by atoms with Crippen molar-refractivity contribution < 1.29 is 22.7 Å². The number of rotatable bonds is 5. The van der Waals surface area contributed by atoms with Crippen molar-refractivity contribution in [2.24, 2.45) is 0 Å². The second-order valence-corrected chi connectivity index (χ2v) is 6.89. The lowest BCUT2D eigenvalue weighted by molar-refractivity contribution is -0.137. The average Bonchev–Trinajstić information content (AvgIpc) is 3.05. The number of aromatic nitrogens is 4. The van der Waals surface area contributed by atoms with Gasteiger partial charge in [0.1, 0.15) is 11.8 Å². The van der Waals surface area contributed by atoms with Crippen LogP contribution in [-0.4, -0.2) is 32.6 Å². The van der Waals surface area contributed by atoms with E-state index in [1.165, 1.54) is 30.8 Å². The van der Waals surface area contributed by atoms with E-state index in [0.29, 0.717) is 5.82 Å². The van der Waals surface area contributed by atoms with Gasteiger partial charge in [-0.15, -0.1) is 5.10 Å². The third kappa shape index (κ3) is 4.60. The lowest BCUT2D eigenvalue weighted by atomic mass is 10.1. The molecule has 0 fully saturated rings. The highest BCUT2D eigenvalue weighted by atomic mass is 19.4. The molecule has 2 heterocycles. The Morgan fingerprint density at radius 1 is 1.13 bits per heavy atom. The molecule has 0 aliphatic rings. The number of carbonyl (C=O) groups is 1. The number of amides is 1. The molecule has 31 heavy (non-hydrogen) atoms. The zero-order valence-corrected chi connectivity index (χ0v) is 17.2. The number of methoxy groups -OCH3 is 1. The maximum absolute atomic E-state index is 13.0. The quantitative estimate of drug-likeness (QED) is 0.664. The molecule has 0 spiro atoms. The van der Waals surface area contributed by atoms with Crippen LogP contribution in [-0.2, 0) is 11.0 Å². The normalized spacial score (nSPS) is 12.5. The van der Waals surface area contributed by atoms with E-state index in [1.54, 1.807) is 6.92 Å². The predicted molar refractivity (Wildman–Crippen MR) is 106 cm³/mol. The van der Waals surface area contributed by atoms with Crippen LogP contribution in [0, 0.1) is 13.8 Å². The smallest absolute Gasteiger partial charge is 0.416 e. The summed E-state index contributed by atoms with van der Waals surface area (Å²) >= 11 is 0. The number of benzene rings is 1. The fourth-order valence-corrected chi connectivity index (χ4v) is 3.00. The van der Waals surface area contributed by atoms with E-state index in [4.69, 9.17) is 4.74 Å². The summed E-state index contributed by atoms with van der Waals surface area (Å²) in [5.41, 5.74) is -0.139. The van der Waals surface area contributed by atoms with Gasteiger partial charge < -0.3 is 10.1 Å². The van der Waals surface area contributed by atoms with Gasteiger partial charge in [0.15, 0.2) is 5.82 Å². The predicted octanol–water partition coefficient (Wildman–Crippen LogP) is 3.27. The lowest BCUT2D eigenvalue weighted by Crippen LogP contribution is -2.34. The van der Waals surface area contributed by atoms with Crippen molar-refractivity contribution in [3.05, 3.63) is 63.7 Å². The molecule has 0 saturated carbocycles. The fourth-order valence-electron chi connectivity index (χ4n) is 3.00. The number of nitrogens with zero attached hydrogens (tertiary/aromatic N) is 4. The first-order valence-corrected chi connectivity index (χ1v) is 9.21. The molecule has 3 rings (SSSR count). The van der Waals surface area contributed by atoms with Crippen LogP contribution in [0.3, 0.4) is 0 Å². The average molecular weight is 435 g/mol. The van der Waals surface area contributed by atoms with Crippen molar-refractivity contribution in [2.75, 3.05) is 12.4 Å². The maximum Gasteiger partial charge on any atom is 0.416 e. The number of hydrogen-bond donors (Lipinski definition) is 1. The van der Waals surface area contributed by atoms with E-state index in [0.717, 1.165) is 34.3 Å². The zero-order valence-electron chi connectivity index (χ0n) is 17.2. The van der Waals surface area contributed by atoms with Crippen molar-refractivity contribution in [3.63, 3.8) is 0 Å². The minimum absolute atomic E-state index is 0.0465. The monoisotopic (exact) mass is 435 g/mol. The maximum atomic E-state index is 13.0. The highest BCUT2D eigenvalue weighted by Crippen LogP contribution is 2.35. The Kier molecular flexibility index (Phi) is 5.87. The number of hydrogen-bond acceptors (Lipinski definition) is 5. The lowest BCUT2D eigenvalue weighted by Gasteiger charge is -2.17. The molecule has 1 aromatic carbocycles. The Morgan fingerprint density at radius 3 is 2.42 bits per heavy atom. The molecule has 1 N–H and O–H groups in total. The topological polar surface area (TPSA) is 91.0 Å². The number of nitrogens with one attached hydrogen (secondary N) is 1. The number of halogens is 3. The van der Waals surface area contributed by atoms with Gasteiger partial charge in [0.05, 0.1) is 24.1 Å². The first-order chi connectivity index (χ1) is 14.5. The Bertz CT molecular complexity index is 1180. The second-order valence-electron chi connectivity index (χ2n) is 6.89. The van der Waals surface area contributed by atoms with Gasteiger partial charge in [-0.3, -0.25) is 9.59 Å². The Morgan fingerprint density at radius 2 is 1.84 bits per heavy atom. The van der Waals surface area contributed by atoms with E-state index < -0.39 is 29.2 Å². The summed E-state index contributed by atoms with van der Waals surface area (Å²) in [6.45, 7) is 5.03. The fraction of sp³-hybridized carbons (Fsp3) is 0.300. The van der Waals surface area contributed by atoms with Gasteiger partial charge in [-0.1, -0.05) is 0 Å². The van der Waals surface area contributed by atoms with Crippen molar-refractivity contribution in [3.8, 4) is 11.6 Å². The highest BCUT2D eigenvalue weighted by Gasteiger charge is 2.31. The molecule has 8 nitrogen and oxygen atoms in total. The summed E-state index contributed by atoms with van der Waals surface area (Å²) in [7, 11) is 1.27. The van der Waals surface area contributed by atoms with Crippen LogP contribution >= 0.6 is 0 Å². The van der Waals surface area contributed by atoms with Crippen LogP contribution in [0.1, 0.15) is 29.9 Å². The number of carbonyl (C=O) groups excluding carboxylic acids is 1. The van der Waals surface area contributed by atoms with Gasteiger partial charge in [0.2, 0.25) is 5.91 Å². The molecule has 1 atom stereocenters. The molecular formula is C20H20F3N5O3. The van der Waals surface area contributed by atoms with E-state index in [9.17, 15) is 22.8 Å². The molecule has 3 aromatic rings. The molecular weight excluding hydrogens is 415 g/mol. The van der Waals surface area contributed by atoms with Crippen LogP contribution in [0.25, 0.3) is 5.82 Å². The summed E-state index contributed by atoms with van der Waals surface area (Å²) in [5, 5.41) is 10.9.